The van der Waals surface area contributed by atoms with Crippen molar-refractivity contribution in [3.63, 3.8) is 0 Å². The highest BCUT2D eigenvalue weighted by Gasteiger charge is 2.20. The summed E-state index contributed by atoms with van der Waals surface area (Å²) in [5.74, 6) is 0.432. The third-order valence-corrected chi connectivity index (χ3v) is 9.29. The van der Waals surface area contributed by atoms with Gasteiger partial charge in [0.25, 0.3) is 0 Å². The van der Waals surface area contributed by atoms with Crippen molar-refractivity contribution in [2.45, 2.75) is 206 Å². The van der Waals surface area contributed by atoms with Gasteiger partial charge in [0.1, 0.15) is 12.4 Å². The van der Waals surface area contributed by atoms with E-state index in [1.54, 1.807) is 0 Å². The predicted molar refractivity (Wildman–Crippen MR) is 204 cm³/mol. The number of nitrogens with one attached hydrogen (secondary N) is 4. The number of hydrogen-bond acceptors (Lipinski definition) is 5. The van der Waals surface area contributed by atoms with E-state index in [-0.39, 0.29) is 11.8 Å². The Kier molecular flexibility index (Phi) is 31.4. The number of carbonyl (C=O) groups excluding carboxylic acids is 2. The molecular weight excluding hydrogens is 596 g/mol. The summed E-state index contributed by atoms with van der Waals surface area (Å²) in [6.07, 6.45) is 41.6. The van der Waals surface area contributed by atoms with Crippen molar-refractivity contribution >= 4 is 17.8 Å². The molecule has 0 aliphatic rings. The minimum Gasteiger partial charge on any atom is -0.355 e. The topological polar surface area (TPSA) is 112 Å². The molecule has 1 heterocycles. The molecule has 48 heavy (non-hydrogen) atoms. The van der Waals surface area contributed by atoms with Gasteiger partial charge in [-0.25, -0.2) is 10.1 Å². The monoisotopic (exact) mass is 673 g/mol. The molecule has 0 fully saturated rings. The molecule has 0 aliphatic heterocycles. The Morgan fingerprint density at radius 3 is 1.62 bits per heavy atom. The van der Waals surface area contributed by atoms with Crippen molar-refractivity contribution in [3.8, 4) is 0 Å². The summed E-state index contributed by atoms with van der Waals surface area (Å²) >= 11 is 0. The molecule has 8 nitrogen and oxygen atoms in total. The molecule has 1 aromatic heterocycles. The molecule has 0 radical (unpaired) electrons. The van der Waals surface area contributed by atoms with Gasteiger partial charge in [0.05, 0.1) is 0 Å². The fourth-order valence-electron chi connectivity index (χ4n) is 6.17. The molecule has 8 heteroatoms. The number of carbonyl (C=O) groups is 2. The molecule has 4 N–H and O–H groups in total. The third kappa shape index (κ3) is 28.6. The lowest BCUT2D eigenvalue weighted by Crippen LogP contribution is -2.47. The lowest BCUT2D eigenvalue weighted by Gasteiger charge is -2.19. The highest BCUT2D eigenvalue weighted by atomic mass is 16.2. The normalized spacial score (nSPS) is 12.0. The molecule has 1 rings (SSSR count). The molecule has 1 atom stereocenters. The zero-order valence-electron chi connectivity index (χ0n) is 31.4. The Morgan fingerprint density at radius 2 is 1.12 bits per heavy atom. The first-order valence-electron chi connectivity index (χ1n) is 20.5. The lowest BCUT2D eigenvalue weighted by molar-refractivity contribution is -0.129. The van der Waals surface area contributed by atoms with Gasteiger partial charge in [-0.15, -0.1) is 0 Å². The first-order chi connectivity index (χ1) is 23.7. The number of amides is 2. The van der Waals surface area contributed by atoms with E-state index >= 15 is 0 Å². The molecule has 0 saturated heterocycles. The standard InChI is InChI=1S/C40H76N6O2/c1-3-5-7-9-11-13-15-17-19-20-22-24-26-28-30-32-38(47)45-37(33-35-42-40-43-36-44-46-40)39(48)41-34-31-29-27-25-23-21-18-16-14-12-10-8-6-4-2/h17,19,36-37H,3-16,18,20-35H2,1-2H3,(H,41,48)(H,45,47)(H2,42,43,44,46)/b19-17-/t37-/m0/s1. The van der Waals surface area contributed by atoms with E-state index in [1.807, 2.05) is 0 Å². The average molecular weight is 673 g/mol. The number of H-pyrrole nitrogens is 1. The number of aromatic amines is 1. The van der Waals surface area contributed by atoms with Crippen LogP contribution in [0.25, 0.3) is 0 Å². The second kappa shape index (κ2) is 34.5. The maximum absolute atomic E-state index is 13.0. The van der Waals surface area contributed by atoms with Gasteiger partial charge < -0.3 is 16.0 Å². The van der Waals surface area contributed by atoms with Crippen LogP contribution in [0, 0.1) is 0 Å². The highest BCUT2D eigenvalue weighted by molar-refractivity contribution is 5.87. The van der Waals surface area contributed by atoms with Gasteiger partial charge in [-0.2, -0.15) is 5.10 Å². The van der Waals surface area contributed by atoms with Crippen molar-refractivity contribution in [3.05, 3.63) is 18.5 Å². The second-order valence-corrected chi connectivity index (χ2v) is 13.9. The fourth-order valence-corrected chi connectivity index (χ4v) is 6.17. The smallest absolute Gasteiger partial charge is 0.242 e. The van der Waals surface area contributed by atoms with E-state index in [0.717, 1.165) is 38.5 Å². The molecule has 0 saturated carbocycles. The number of rotatable bonds is 36. The lowest BCUT2D eigenvalue weighted by atomic mass is 10.0. The van der Waals surface area contributed by atoms with Crippen molar-refractivity contribution in [2.24, 2.45) is 0 Å². The quantitative estimate of drug-likeness (QED) is 0.0419. The second-order valence-electron chi connectivity index (χ2n) is 13.9. The molecule has 0 bridgehead atoms. The minimum atomic E-state index is -0.553. The van der Waals surface area contributed by atoms with E-state index in [9.17, 15) is 9.59 Å². The number of aromatic nitrogens is 3. The molecular formula is C40H76N6O2. The Hall–Kier alpha value is -2.38. The minimum absolute atomic E-state index is 0.0380. The molecule has 1 aromatic rings. The van der Waals surface area contributed by atoms with Crippen LogP contribution in [0.3, 0.4) is 0 Å². The first-order valence-corrected chi connectivity index (χ1v) is 20.5. The van der Waals surface area contributed by atoms with Crippen molar-refractivity contribution < 1.29 is 9.59 Å². The average Bonchev–Trinajstić information content (AvgIpc) is 3.61. The van der Waals surface area contributed by atoms with Crippen LogP contribution in [0.1, 0.15) is 200 Å². The summed E-state index contributed by atoms with van der Waals surface area (Å²) in [5, 5.41) is 15.8. The number of unbranched alkanes of at least 4 members (excludes halogenated alkanes) is 24. The van der Waals surface area contributed by atoms with Crippen LogP contribution in [0.5, 0.6) is 0 Å². The van der Waals surface area contributed by atoms with Crippen LogP contribution < -0.4 is 16.0 Å². The van der Waals surface area contributed by atoms with E-state index in [4.69, 9.17) is 0 Å². The number of allylic oxidation sites excluding steroid dienone is 2. The molecule has 0 spiro atoms. The summed E-state index contributed by atoms with van der Waals surface area (Å²) in [6.45, 7) is 5.72. The molecule has 278 valence electrons. The molecule has 0 aliphatic carbocycles. The van der Waals surface area contributed by atoms with Gasteiger partial charge in [0, 0.05) is 19.5 Å². The highest BCUT2D eigenvalue weighted by Crippen LogP contribution is 2.13. The Morgan fingerprint density at radius 1 is 0.646 bits per heavy atom. The van der Waals surface area contributed by atoms with Crippen molar-refractivity contribution in [1.82, 2.24) is 25.8 Å². The van der Waals surface area contributed by atoms with Gasteiger partial charge in [0.15, 0.2) is 0 Å². The van der Waals surface area contributed by atoms with Crippen LogP contribution in [-0.2, 0) is 9.59 Å². The van der Waals surface area contributed by atoms with E-state index in [0.29, 0.717) is 31.9 Å². The van der Waals surface area contributed by atoms with Gasteiger partial charge in [-0.3, -0.25) is 9.59 Å². The van der Waals surface area contributed by atoms with Gasteiger partial charge in [-0.1, -0.05) is 161 Å². The van der Waals surface area contributed by atoms with Gasteiger partial charge in [-0.05, 0) is 44.9 Å². The van der Waals surface area contributed by atoms with Crippen molar-refractivity contribution in [2.75, 3.05) is 18.4 Å². The summed E-state index contributed by atoms with van der Waals surface area (Å²) in [6, 6.07) is -0.553. The van der Waals surface area contributed by atoms with E-state index in [2.05, 4.69) is 57.1 Å². The maximum Gasteiger partial charge on any atom is 0.242 e. The molecule has 0 aromatic carbocycles. The van der Waals surface area contributed by atoms with Crippen LogP contribution in [-0.4, -0.2) is 46.1 Å². The number of nitrogens with zero attached hydrogens (tertiary/aromatic N) is 2. The Labute approximate surface area is 295 Å². The summed E-state index contributed by atoms with van der Waals surface area (Å²) < 4.78 is 0. The third-order valence-electron chi connectivity index (χ3n) is 9.29. The van der Waals surface area contributed by atoms with Gasteiger partial charge in [0.2, 0.25) is 17.8 Å². The van der Waals surface area contributed by atoms with Crippen LogP contribution >= 0.6 is 0 Å². The maximum atomic E-state index is 13.0. The zero-order valence-corrected chi connectivity index (χ0v) is 31.4. The fraction of sp³-hybridized carbons (Fsp3) is 0.850. The van der Waals surface area contributed by atoms with Crippen molar-refractivity contribution in [1.29, 1.82) is 0 Å². The van der Waals surface area contributed by atoms with Crippen LogP contribution in [0.4, 0.5) is 5.95 Å². The number of hydrogen-bond donors (Lipinski definition) is 4. The predicted octanol–water partition coefficient (Wildman–Crippen LogP) is 10.7. The van der Waals surface area contributed by atoms with E-state index < -0.39 is 6.04 Å². The van der Waals surface area contributed by atoms with Gasteiger partial charge >= 0.3 is 0 Å². The summed E-state index contributed by atoms with van der Waals surface area (Å²) in [7, 11) is 0. The Balaban J connectivity index is 2.14. The summed E-state index contributed by atoms with van der Waals surface area (Å²) in [5.41, 5.74) is 0. The zero-order chi connectivity index (χ0) is 34.6. The first kappa shape index (κ1) is 43.6. The van der Waals surface area contributed by atoms with Crippen LogP contribution in [0.2, 0.25) is 0 Å². The number of anilines is 1. The molecule has 2 amide bonds. The van der Waals surface area contributed by atoms with Crippen LogP contribution in [0.15, 0.2) is 18.5 Å². The molecule has 0 unspecified atom stereocenters. The SMILES string of the molecule is CCCCCCCC/C=C\CCCCCCCC(=O)N[C@@H](CCNc1ncn[nH]1)C(=O)NCCCCCCCCCCCCCCCC. The van der Waals surface area contributed by atoms with E-state index in [1.165, 1.54) is 141 Å². The summed E-state index contributed by atoms with van der Waals surface area (Å²) in [4.78, 5) is 29.8. The Bertz CT molecular complexity index is 860. The largest absolute Gasteiger partial charge is 0.355 e.